The van der Waals surface area contributed by atoms with E-state index in [2.05, 4.69) is 19.7 Å². The second-order valence-corrected chi connectivity index (χ2v) is 5.36. The molecule has 0 aliphatic carbocycles. The first-order valence-electron chi connectivity index (χ1n) is 7.67. The van der Waals surface area contributed by atoms with E-state index < -0.39 is 5.97 Å². The van der Waals surface area contributed by atoms with Gasteiger partial charge in [0.15, 0.2) is 17.3 Å². The molecule has 0 amide bonds. The molecule has 0 spiro atoms. The van der Waals surface area contributed by atoms with E-state index in [-0.39, 0.29) is 12.6 Å². The quantitative estimate of drug-likeness (QED) is 0.577. The van der Waals surface area contributed by atoms with E-state index in [9.17, 15) is 4.79 Å². The molecule has 0 fully saturated rings. The van der Waals surface area contributed by atoms with Crippen LogP contribution in [0.15, 0.2) is 24.3 Å². The van der Waals surface area contributed by atoms with Gasteiger partial charge >= 0.3 is 5.97 Å². The summed E-state index contributed by atoms with van der Waals surface area (Å²) in [5, 5.41) is 0. The highest BCUT2D eigenvalue weighted by Crippen LogP contribution is 2.29. The first kappa shape index (κ1) is 19.0. The number of methoxy groups -OCH3 is 2. The molecular formula is C17H21N5O4. The van der Waals surface area contributed by atoms with Gasteiger partial charge in [0.25, 0.3) is 0 Å². The number of nitrogens with zero attached hydrogens (tertiary/aromatic N) is 4. The fourth-order valence-corrected chi connectivity index (χ4v) is 1.97. The van der Waals surface area contributed by atoms with Crippen molar-refractivity contribution in [2.24, 2.45) is 0 Å². The van der Waals surface area contributed by atoms with Crippen LogP contribution >= 0.6 is 0 Å². The van der Waals surface area contributed by atoms with Crippen molar-refractivity contribution in [2.45, 2.75) is 6.61 Å². The predicted octanol–water partition coefficient (Wildman–Crippen LogP) is 1.29. The number of carbonyl (C=O) groups is 1. The topological polar surface area (TPSA) is 113 Å². The molecule has 1 heterocycles. The zero-order chi connectivity index (χ0) is 19.1. The lowest BCUT2D eigenvalue weighted by Crippen LogP contribution is -2.17. The molecule has 0 unspecified atom stereocenters. The van der Waals surface area contributed by atoms with Gasteiger partial charge in [-0.1, -0.05) is 6.07 Å². The average molecular weight is 359 g/mol. The van der Waals surface area contributed by atoms with Crippen LogP contribution in [0, 0.1) is 0 Å². The summed E-state index contributed by atoms with van der Waals surface area (Å²) in [5.41, 5.74) is 6.46. The van der Waals surface area contributed by atoms with Crippen LogP contribution in [0.4, 0.5) is 11.9 Å². The highest BCUT2D eigenvalue weighted by atomic mass is 16.5. The minimum atomic E-state index is -0.437. The van der Waals surface area contributed by atoms with Gasteiger partial charge in [0.2, 0.25) is 11.9 Å². The number of hydrogen-bond donors (Lipinski definition) is 1. The maximum Gasteiger partial charge on any atom is 0.330 e. The minimum Gasteiger partial charge on any atom is -0.493 e. The number of anilines is 2. The third-order valence-electron chi connectivity index (χ3n) is 3.24. The molecule has 0 atom stereocenters. The van der Waals surface area contributed by atoms with Crippen LogP contribution in [0.25, 0.3) is 6.08 Å². The monoisotopic (exact) mass is 359 g/mol. The summed E-state index contributed by atoms with van der Waals surface area (Å²) in [6.45, 7) is 0.0985. The molecule has 9 nitrogen and oxygen atoms in total. The molecule has 1 aromatic heterocycles. The first-order chi connectivity index (χ1) is 12.4. The summed E-state index contributed by atoms with van der Waals surface area (Å²) in [4.78, 5) is 25.3. The van der Waals surface area contributed by atoms with E-state index in [0.29, 0.717) is 23.3 Å². The molecule has 0 radical (unpaired) electrons. The summed E-state index contributed by atoms with van der Waals surface area (Å²) in [7, 11) is 6.47. The first-order valence-corrected chi connectivity index (χ1v) is 7.67. The van der Waals surface area contributed by atoms with Crippen molar-refractivity contribution in [1.29, 1.82) is 0 Å². The van der Waals surface area contributed by atoms with Gasteiger partial charge in [0, 0.05) is 20.2 Å². The minimum absolute atomic E-state index is 0.0985. The fraction of sp³-hybridized carbons (Fsp3) is 0.294. The van der Waals surface area contributed by atoms with Crippen molar-refractivity contribution in [3.05, 3.63) is 35.7 Å². The van der Waals surface area contributed by atoms with Crippen molar-refractivity contribution in [1.82, 2.24) is 15.0 Å². The number of hydrogen-bond acceptors (Lipinski definition) is 9. The second kappa shape index (κ2) is 8.65. The van der Waals surface area contributed by atoms with Crippen molar-refractivity contribution >= 4 is 23.9 Å². The van der Waals surface area contributed by atoms with Crippen LogP contribution in [0.3, 0.4) is 0 Å². The second-order valence-electron chi connectivity index (χ2n) is 5.36. The van der Waals surface area contributed by atoms with E-state index in [0.717, 1.165) is 5.56 Å². The summed E-state index contributed by atoms with van der Waals surface area (Å²) < 4.78 is 15.6. The molecule has 0 aliphatic rings. The zero-order valence-electron chi connectivity index (χ0n) is 15.1. The van der Waals surface area contributed by atoms with E-state index in [1.54, 1.807) is 29.2 Å². The molecule has 9 heteroatoms. The highest BCUT2D eigenvalue weighted by Gasteiger charge is 2.10. The third-order valence-corrected chi connectivity index (χ3v) is 3.24. The van der Waals surface area contributed by atoms with Gasteiger partial charge in [-0.25, -0.2) is 4.79 Å². The van der Waals surface area contributed by atoms with E-state index in [1.807, 2.05) is 14.1 Å². The Labute approximate surface area is 151 Å². The molecule has 0 bridgehead atoms. The fourth-order valence-electron chi connectivity index (χ4n) is 1.97. The molecule has 2 rings (SSSR count). The van der Waals surface area contributed by atoms with Crippen LogP contribution < -0.4 is 20.1 Å². The Morgan fingerprint density at radius 2 is 1.96 bits per heavy atom. The van der Waals surface area contributed by atoms with E-state index >= 15 is 0 Å². The molecule has 2 N–H and O–H groups in total. The van der Waals surface area contributed by atoms with Crippen LogP contribution in [-0.4, -0.2) is 49.2 Å². The Bertz CT molecular complexity index is 808. The van der Waals surface area contributed by atoms with Crippen LogP contribution in [0.5, 0.6) is 11.5 Å². The summed E-state index contributed by atoms with van der Waals surface area (Å²) in [5.74, 6) is 1.55. The summed E-state index contributed by atoms with van der Waals surface area (Å²) in [6, 6.07) is 5.25. The Balaban J connectivity index is 2.14. The average Bonchev–Trinajstić information content (AvgIpc) is 2.64. The number of rotatable bonds is 7. The van der Waals surface area contributed by atoms with Gasteiger partial charge in [-0.15, -0.1) is 0 Å². The molecule has 0 saturated carbocycles. The predicted molar refractivity (Wildman–Crippen MR) is 96.9 cm³/mol. The molecule has 0 saturated heterocycles. The van der Waals surface area contributed by atoms with Crippen molar-refractivity contribution in [2.75, 3.05) is 38.9 Å². The SMILES string of the molecule is COC(=O)C=Cc1ccc(OCc2nc(N)nc(N(C)C)n2)c(OC)c1. The number of nitrogen functional groups attached to an aromatic ring is 1. The summed E-state index contributed by atoms with van der Waals surface area (Å²) >= 11 is 0. The Morgan fingerprint density at radius 1 is 1.19 bits per heavy atom. The summed E-state index contributed by atoms with van der Waals surface area (Å²) in [6.07, 6.45) is 2.94. The maximum atomic E-state index is 11.2. The van der Waals surface area contributed by atoms with Crippen LogP contribution in [-0.2, 0) is 16.1 Å². The van der Waals surface area contributed by atoms with Gasteiger partial charge in [-0.3, -0.25) is 0 Å². The van der Waals surface area contributed by atoms with Crippen LogP contribution in [0.2, 0.25) is 0 Å². The normalized spacial score (nSPS) is 10.6. The Morgan fingerprint density at radius 3 is 2.62 bits per heavy atom. The number of carbonyl (C=O) groups excluding carboxylic acids is 1. The molecule has 1 aromatic carbocycles. The molecule has 26 heavy (non-hydrogen) atoms. The van der Waals surface area contributed by atoms with Crippen LogP contribution in [0.1, 0.15) is 11.4 Å². The third kappa shape index (κ3) is 5.07. The molecule has 138 valence electrons. The highest BCUT2D eigenvalue weighted by molar-refractivity contribution is 5.87. The number of nitrogens with two attached hydrogens (primary N) is 1. The molecule has 2 aromatic rings. The van der Waals surface area contributed by atoms with Gasteiger partial charge in [0.1, 0.15) is 6.61 Å². The van der Waals surface area contributed by atoms with Gasteiger partial charge in [-0.2, -0.15) is 15.0 Å². The van der Waals surface area contributed by atoms with Crippen molar-refractivity contribution in [3.8, 4) is 11.5 Å². The standard InChI is InChI=1S/C17H21N5O4/c1-22(2)17-20-14(19-16(18)21-17)10-26-12-7-5-11(9-13(12)24-3)6-8-15(23)25-4/h5-9H,10H2,1-4H3,(H2,18,19,20,21). The number of aromatic nitrogens is 3. The van der Waals surface area contributed by atoms with Gasteiger partial charge < -0.3 is 24.8 Å². The lowest BCUT2D eigenvalue weighted by Gasteiger charge is -2.13. The van der Waals surface area contributed by atoms with E-state index in [4.69, 9.17) is 15.2 Å². The number of esters is 1. The molecule has 0 aliphatic heterocycles. The van der Waals surface area contributed by atoms with Crippen molar-refractivity contribution in [3.63, 3.8) is 0 Å². The molecular weight excluding hydrogens is 338 g/mol. The smallest absolute Gasteiger partial charge is 0.330 e. The Hall–Kier alpha value is -3.36. The largest absolute Gasteiger partial charge is 0.493 e. The lowest BCUT2D eigenvalue weighted by atomic mass is 10.2. The van der Waals surface area contributed by atoms with Gasteiger partial charge in [-0.05, 0) is 23.8 Å². The van der Waals surface area contributed by atoms with E-state index in [1.165, 1.54) is 20.3 Å². The number of benzene rings is 1. The van der Waals surface area contributed by atoms with Crippen molar-refractivity contribution < 1.29 is 19.0 Å². The number of ether oxygens (including phenoxy) is 3. The van der Waals surface area contributed by atoms with Gasteiger partial charge in [0.05, 0.1) is 14.2 Å². The Kier molecular flexibility index (Phi) is 6.31. The maximum absolute atomic E-state index is 11.2. The lowest BCUT2D eigenvalue weighted by molar-refractivity contribution is -0.134. The zero-order valence-corrected chi connectivity index (χ0v) is 15.1.